The molecule has 0 spiro atoms. The number of benzene rings is 4. The molecule has 0 radical (unpaired) electrons. The first-order valence-corrected chi connectivity index (χ1v) is 39.0. The van der Waals surface area contributed by atoms with Gasteiger partial charge in [0.2, 0.25) is 65.0 Å². The van der Waals surface area contributed by atoms with E-state index in [2.05, 4.69) is 63.5 Å². The van der Waals surface area contributed by atoms with Gasteiger partial charge in [-0.05, 0) is 168 Å². The lowest BCUT2D eigenvalue weighted by Crippen LogP contribution is -2.61. The number of aromatic hydroxyl groups is 1. The molecule has 592 valence electrons. The van der Waals surface area contributed by atoms with E-state index in [1.807, 2.05) is 0 Å². The van der Waals surface area contributed by atoms with Gasteiger partial charge in [0.1, 0.15) is 60.1 Å². The number of nitrogens with two attached hydrogens (primary N) is 6. The van der Waals surface area contributed by atoms with E-state index in [0.29, 0.717) is 72.3 Å². The molecule has 108 heavy (non-hydrogen) atoms. The van der Waals surface area contributed by atoms with Crippen molar-refractivity contribution >= 4 is 100 Å². The molecule has 0 bridgehead atoms. The fourth-order valence-electron chi connectivity index (χ4n) is 11.2. The molecule has 0 unspecified atom stereocenters. The summed E-state index contributed by atoms with van der Waals surface area (Å²) in [6, 6.07) is 19.1. The Labute approximate surface area is 639 Å². The summed E-state index contributed by atoms with van der Waals surface area (Å²) in [6.07, 6.45) is 5.98. The van der Waals surface area contributed by atoms with Gasteiger partial charge in [-0.1, -0.05) is 103 Å². The maximum absolute atomic E-state index is 14.9. The lowest BCUT2D eigenvalue weighted by atomic mass is 10.0. The highest BCUT2D eigenvalue weighted by Crippen LogP contribution is 2.16. The lowest BCUT2D eigenvalue weighted by molar-refractivity contribution is -0.142. The van der Waals surface area contributed by atoms with Crippen LogP contribution in [0.15, 0.2) is 120 Å². The number of carbonyl (C=O) groups is 12. The van der Waals surface area contributed by atoms with Crippen LogP contribution in [0.4, 0.5) is 0 Å². The van der Waals surface area contributed by atoms with Gasteiger partial charge in [0.05, 0.1) is 19.1 Å². The van der Waals surface area contributed by atoms with Crippen LogP contribution in [0.1, 0.15) is 106 Å². The normalized spacial score (nSPS) is 13.8. The van der Waals surface area contributed by atoms with E-state index in [1.54, 1.807) is 116 Å². The van der Waals surface area contributed by atoms with Gasteiger partial charge in [-0.2, -0.15) is 23.5 Å². The zero-order valence-electron chi connectivity index (χ0n) is 61.4. The van der Waals surface area contributed by atoms with E-state index < -0.39 is 144 Å². The number of phenols is 1. The molecule has 0 aliphatic carbocycles. The molecule has 0 aliphatic rings. The van der Waals surface area contributed by atoms with Gasteiger partial charge in [-0.3, -0.25) is 57.7 Å². The highest BCUT2D eigenvalue weighted by molar-refractivity contribution is 7.98. The first-order chi connectivity index (χ1) is 51.9. The standard InChI is InChI=1S/C74H110N18O14S2/c1-107-39-33-57(89-71(103)59(42-47-19-6-3-7-20-47)84-63(95)46-82-62(94)45-83-64(96)52(78)41-50-29-31-51(93)32-30-50)69(101)87-54(26-13-16-36-76)66(98)85-53(25-12-15-35-75)65(97)86-55(27-14-17-37-77)67(99)91-60(43-48-21-8-4-9-22-48)72(104)90-58(34-40-108-2)70(102)88-56(28-18-38-81-74(79)80)68(100)92-61(73(105)106)44-49-23-10-5-11-24-49/h3-11,19-24,29-32,52-61,93H,12-18,25-28,33-46,75-78H2,1-2H3,(H,82,94)(H,83,96)(H,84,95)(H,85,98)(H,86,97)(H,87,101)(H,88,102)(H,89,103)(H,90,104)(H,91,99)(H,92,100)(H,105,106)(H4,79,80,81)/t52-,53-,54-,55-,56-,57-,58-,59-,60-,61-/m0/s1. The summed E-state index contributed by atoms with van der Waals surface area (Å²) in [6.45, 7) is -0.380. The number of amides is 11. The summed E-state index contributed by atoms with van der Waals surface area (Å²) in [5, 5.41) is 49.2. The fourth-order valence-corrected chi connectivity index (χ4v) is 12.1. The van der Waals surface area contributed by atoms with E-state index in [4.69, 9.17) is 34.4 Å². The average Bonchev–Trinajstić information content (AvgIpc) is 0.865. The van der Waals surface area contributed by atoms with Crippen LogP contribution in [-0.4, -0.2) is 211 Å². The van der Waals surface area contributed by atoms with Gasteiger partial charge >= 0.3 is 5.97 Å². The number of unbranched alkanes of at least 4 members (excludes halogenated alkanes) is 3. The maximum atomic E-state index is 14.9. The van der Waals surface area contributed by atoms with E-state index in [1.165, 1.54) is 35.7 Å². The van der Waals surface area contributed by atoms with Crippen molar-refractivity contribution in [2.45, 2.75) is 170 Å². The SMILES string of the molecule is CSCC[C@H](NC(=O)[C@H](Cc1ccccc1)NC(=O)CNC(=O)CNC(=O)[C@@H](N)Cc1ccc(O)cc1)C(=O)N[C@@H](CCCCN)C(=O)N[C@@H](CCCCN)C(=O)N[C@@H](CCCCN)C(=O)N[C@@H](Cc1ccccc1)C(=O)N[C@@H](CCSC)C(=O)N[C@@H](CCCN=C(N)N)C(=O)N[C@@H](Cc1ccccc1)C(=O)O. The number of carbonyl (C=O) groups excluding carboxylic acids is 11. The molecule has 0 saturated heterocycles. The third kappa shape index (κ3) is 35.7. The molecule has 32 nitrogen and oxygen atoms in total. The number of hydrogen-bond acceptors (Lipinski definition) is 20. The maximum Gasteiger partial charge on any atom is 0.326 e. The van der Waals surface area contributed by atoms with Crippen LogP contribution in [0.25, 0.3) is 0 Å². The van der Waals surface area contributed by atoms with Crippen molar-refractivity contribution < 1.29 is 67.7 Å². The quantitative estimate of drug-likeness (QED) is 0.0138. The smallest absolute Gasteiger partial charge is 0.326 e. The molecular formula is C74H110N18O14S2. The summed E-state index contributed by atoms with van der Waals surface area (Å²) in [5.41, 5.74) is 37.4. The third-order valence-corrected chi connectivity index (χ3v) is 18.4. The molecule has 0 fully saturated rings. The van der Waals surface area contributed by atoms with Crippen LogP contribution in [-0.2, 0) is 83.2 Å². The first kappa shape index (κ1) is 90.5. The van der Waals surface area contributed by atoms with Crippen molar-refractivity contribution in [3.63, 3.8) is 0 Å². The summed E-state index contributed by atoms with van der Waals surface area (Å²) in [5.74, 6) is -9.31. The summed E-state index contributed by atoms with van der Waals surface area (Å²) >= 11 is 2.74. The van der Waals surface area contributed by atoms with Gasteiger partial charge < -0.3 is 103 Å². The fraction of sp³-hybridized carbons (Fsp3) is 0.500. The minimum atomic E-state index is -1.40. The monoisotopic (exact) mass is 1540 g/mol. The predicted molar refractivity (Wildman–Crippen MR) is 416 cm³/mol. The Balaban J connectivity index is 1.57. The molecule has 34 heteroatoms. The number of thioether (sulfide) groups is 2. The van der Waals surface area contributed by atoms with Crippen LogP contribution < -0.4 is 92.9 Å². The van der Waals surface area contributed by atoms with Gasteiger partial charge in [0.15, 0.2) is 5.96 Å². The van der Waals surface area contributed by atoms with Crippen molar-refractivity contribution in [1.82, 2.24) is 58.5 Å². The third-order valence-electron chi connectivity index (χ3n) is 17.2. The van der Waals surface area contributed by atoms with Crippen molar-refractivity contribution in [2.24, 2.45) is 39.4 Å². The highest BCUT2D eigenvalue weighted by Gasteiger charge is 2.36. The molecule has 25 N–H and O–H groups in total. The van der Waals surface area contributed by atoms with Crippen molar-refractivity contribution in [1.29, 1.82) is 0 Å². The number of phenolic OH excluding ortho intramolecular Hbond substituents is 1. The van der Waals surface area contributed by atoms with Gasteiger partial charge in [0, 0.05) is 25.8 Å². The highest BCUT2D eigenvalue weighted by atomic mass is 32.2. The van der Waals surface area contributed by atoms with Crippen LogP contribution >= 0.6 is 23.5 Å². The average molecular weight is 1540 g/mol. The van der Waals surface area contributed by atoms with E-state index in [0.717, 1.165) is 0 Å². The molecule has 0 aliphatic heterocycles. The molecule has 0 aromatic heterocycles. The molecule has 4 rings (SSSR count). The number of nitrogens with one attached hydrogen (secondary N) is 11. The zero-order chi connectivity index (χ0) is 79.2. The lowest BCUT2D eigenvalue weighted by Gasteiger charge is -2.28. The Bertz CT molecular complexity index is 3500. The van der Waals surface area contributed by atoms with Crippen LogP contribution in [0.2, 0.25) is 0 Å². The Morgan fingerprint density at radius 3 is 1.05 bits per heavy atom. The van der Waals surface area contributed by atoms with Gasteiger partial charge in [0.25, 0.3) is 0 Å². The number of rotatable bonds is 53. The van der Waals surface area contributed by atoms with Crippen molar-refractivity contribution in [2.75, 3.05) is 63.3 Å². The van der Waals surface area contributed by atoms with Gasteiger partial charge in [-0.25, -0.2) is 4.79 Å². The molecule has 4 aromatic rings. The van der Waals surface area contributed by atoms with Crippen LogP contribution in [0.3, 0.4) is 0 Å². The zero-order valence-corrected chi connectivity index (χ0v) is 63.1. The second-order valence-electron chi connectivity index (χ2n) is 25.9. The Morgan fingerprint density at radius 2 is 0.685 bits per heavy atom. The van der Waals surface area contributed by atoms with E-state index in [9.17, 15) is 67.7 Å². The van der Waals surface area contributed by atoms with Crippen LogP contribution in [0.5, 0.6) is 5.75 Å². The second-order valence-corrected chi connectivity index (χ2v) is 27.8. The number of carboxylic acids is 1. The summed E-state index contributed by atoms with van der Waals surface area (Å²) in [7, 11) is 0. The number of nitrogens with zero attached hydrogens (tertiary/aromatic N) is 1. The van der Waals surface area contributed by atoms with Crippen molar-refractivity contribution in [3.05, 3.63) is 138 Å². The Kier molecular flexibility index (Phi) is 43.1. The second kappa shape index (κ2) is 51.4. The van der Waals surface area contributed by atoms with Crippen molar-refractivity contribution in [3.8, 4) is 5.75 Å². The molecule has 11 amide bonds. The number of guanidine groups is 1. The molecule has 10 atom stereocenters. The molecular weight excluding hydrogens is 1430 g/mol. The minimum absolute atomic E-state index is 0.00679. The topological polar surface area (TPSA) is 546 Å². The first-order valence-electron chi connectivity index (χ1n) is 36.2. The van der Waals surface area contributed by atoms with Crippen LogP contribution in [0, 0.1) is 0 Å². The number of carboxylic acid groups (broad SMARTS) is 1. The summed E-state index contributed by atoms with van der Waals surface area (Å²) in [4.78, 5) is 172. The predicted octanol–water partition coefficient (Wildman–Crippen LogP) is -1.38. The van der Waals surface area contributed by atoms with Gasteiger partial charge in [-0.15, -0.1) is 0 Å². The number of aliphatic imine (C=N–C) groups is 1. The van der Waals surface area contributed by atoms with E-state index in [-0.39, 0.29) is 109 Å². The minimum Gasteiger partial charge on any atom is -0.508 e. The Morgan fingerprint density at radius 1 is 0.370 bits per heavy atom. The number of aliphatic carboxylic acids is 1. The Hall–Kier alpha value is -9.87. The molecule has 0 saturated carbocycles. The molecule has 0 heterocycles. The van der Waals surface area contributed by atoms with E-state index >= 15 is 0 Å². The summed E-state index contributed by atoms with van der Waals surface area (Å²) < 4.78 is 0. The largest absolute Gasteiger partial charge is 0.508 e. The molecule has 4 aromatic carbocycles. The number of hydrogen-bond donors (Lipinski definition) is 19.